The van der Waals surface area contributed by atoms with Crippen molar-refractivity contribution in [3.63, 3.8) is 0 Å². The maximum atomic E-state index is 12.7. The molecular weight excluding hydrogens is 354 g/mol. The molecule has 0 aromatic carbocycles. The van der Waals surface area contributed by atoms with E-state index in [9.17, 15) is 13.9 Å². The number of aliphatic hydroxyl groups excluding tert-OH is 1. The zero-order chi connectivity index (χ0) is 19.6. The number of anilines is 1. The molecule has 0 bridgehead atoms. The average Bonchev–Trinajstić information content (AvgIpc) is 2.69. The predicted molar refractivity (Wildman–Crippen MR) is 100 cm³/mol. The lowest BCUT2D eigenvalue weighted by Crippen LogP contribution is -2.30. The fourth-order valence-electron chi connectivity index (χ4n) is 3.20. The monoisotopic (exact) mass is 382 g/mol. The molecule has 0 amide bonds. The number of nitrogens with zero attached hydrogens (tertiary/aromatic N) is 2. The van der Waals surface area contributed by atoms with Gasteiger partial charge in [-0.3, -0.25) is 9.90 Å². The van der Waals surface area contributed by atoms with E-state index in [2.05, 4.69) is 22.2 Å². The van der Waals surface area contributed by atoms with E-state index < -0.39 is 6.43 Å². The Labute approximate surface area is 158 Å². The second-order valence-electron chi connectivity index (χ2n) is 6.54. The number of nitrogens with one attached hydrogen (secondary N) is 2. The molecule has 1 aromatic heterocycles. The van der Waals surface area contributed by atoms with Crippen LogP contribution in [0.4, 0.5) is 14.6 Å². The van der Waals surface area contributed by atoms with E-state index in [1.807, 2.05) is 6.20 Å². The highest BCUT2D eigenvalue weighted by Crippen LogP contribution is 2.34. The third-order valence-corrected chi connectivity index (χ3v) is 4.74. The van der Waals surface area contributed by atoms with E-state index in [4.69, 9.17) is 4.84 Å². The second kappa shape index (κ2) is 10.8. The molecule has 0 aliphatic heterocycles. The van der Waals surface area contributed by atoms with Crippen molar-refractivity contribution in [3.05, 3.63) is 48.6 Å². The second-order valence-corrected chi connectivity index (χ2v) is 6.54. The highest BCUT2D eigenvalue weighted by Gasteiger charge is 2.25. The maximum absolute atomic E-state index is 12.7. The van der Waals surface area contributed by atoms with Crippen LogP contribution in [0.3, 0.4) is 0 Å². The largest absolute Gasteiger partial charge is 0.396 e. The molecule has 8 heteroatoms. The molecule has 0 unspecified atom stereocenters. The van der Waals surface area contributed by atoms with Gasteiger partial charge in [-0.1, -0.05) is 12.6 Å². The standard InChI is InChI=1S/C19H28F2N4O2/c1-3-22-11-17(15-9-7-14(12-26)8-10-15)25(2)27-13-23-18-6-4-5-16(24-18)19(20)21/h3-6,11,14-15,19,22,26H,1,7-10,12-13H2,2H3,(H,23,24)/b17-11-. The Morgan fingerprint density at radius 1 is 1.41 bits per heavy atom. The first-order chi connectivity index (χ1) is 13.0. The normalized spacial score (nSPS) is 20.4. The topological polar surface area (TPSA) is 69.7 Å². The summed E-state index contributed by atoms with van der Waals surface area (Å²) >= 11 is 0. The number of allylic oxidation sites excluding steroid dienone is 1. The van der Waals surface area contributed by atoms with Crippen molar-refractivity contribution in [3.8, 4) is 0 Å². The Morgan fingerprint density at radius 2 is 2.15 bits per heavy atom. The zero-order valence-electron chi connectivity index (χ0n) is 15.6. The summed E-state index contributed by atoms with van der Waals surface area (Å²) in [5.74, 6) is 1.01. The molecule has 0 spiro atoms. The van der Waals surface area contributed by atoms with E-state index in [0.717, 1.165) is 31.4 Å². The fourth-order valence-corrected chi connectivity index (χ4v) is 3.20. The van der Waals surface area contributed by atoms with Crippen LogP contribution in [0.25, 0.3) is 0 Å². The smallest absolute Gasteiger partial charge is 0.280 e. The van der Waals surface area contributed by atoms with Gasteiger partial charge in [-0.2, -0.15) is 0 Å². The molecule has 3 N–H and O–H groups in total. The predicted octanol–water partition coefficient (Wildman–Crippen LogP) is 3.63. The van der Waals surface area contributed by atoms with Crippen LogP contribution in [0, 0.1) is 11.8 Å². The lowest BCUT2D eigenvalue weighted by atomic mass is 9.81. The number of alkyl halides is 2. The van der Waals surface area contributed by atoms with Gasteiger partial charge in [0.15, 0.2) is 0 Å². The fraction of sp³-hybridized carbons (Fsp3) is 0.526. The molecule has 6 nitrogen and oxygen atoms in total. The molecule has 0 atom stereocenters. The number of rotatable bonds is 10. The number of hydrogen-bond acceptors (Lipinski definition) is 6. The molecule has 150 valence electrons. The molecule has 1 aromatic rings. The van der Waals surface area contributed by atoms with Crippen LogP contribution in [0.1, 0.15) is 37.8 Å². The third kappa shape index (κ3) is 6.48. The van der Waals surface area contributed by atoms with E-state index in [1.54, 1.807) is 24.4 Å². The molecule has 0 radical (unpaired) electrons. The summed E-state index contributed by atoms with van der Waals surface area (Å²) < 4.78 is 25.4. The summed E-state index contributed by atoms with van der Waals surface area (Å²) in [6.45, 7) is 3.98. The lowest BCUT2D eigenvalue weighted by molar-refractivity contribution is -0.113. The van der Waals surface area contributed by atoms with Crippen LogP contribution in [0.15, 0.2) is 42.9 Å². The Hall–Kier alpha value is -2.19. The SMILES string of the molecule is C=CN/C=C(/C1CCC(CO)CC1)N(C)OCNc1cccc(C(F)F)n1. The zero-order valence-corrected chi connectivity index (χ0v) is 15.6. The van der Waals surface area contributed by atoms with Gasteiger partial charge in [-0.15, -0.1) is 0 Å². The highest BCUT2D eigenvalue weighted by molar-refractivity contribution is 5.34. The van der Waals surface area contributed by atoms with E-state index in [-0.39, 0.29) is 19.0 Å². The van der Waals surface area contributed by atoms with Crippen molar-refractivity contribution >= 4 is 5.82 Å². The summed E-state index contributed by atoms with van der Waals surface area (Å²) in [6.07, 6.45) is 4.72. The van der Waals surface area contributed by atoms with Crippen molar-refractivity contribution in [2.24, 2.45) is 11.8 Å². The van der Waals surface area contributed by atoms with Crippen LogP contribution in [-0.4, -0.2) is 35.5 Å². The van der Waals surface area contributed by atoms with Gasteiger partial charge >= 0.3 is 0 Å². The Morgan fingerprint density at radius 3 is 2.78 bits per heavy atom. The molecule has 1 aliphatic rings. The Bertz CT molecular complexity index is 619. The van der Waals surface area contributed by atoms with Crippen LogP contribution in [0.2, 0.25) is 0 Å². The van der Waals surface area contributed by atoms with Crippen molar-refractivity contribution in [2.75, 3.05) is 25.7 Å². The first kappa shape index (κ1) is 21.1. The number of pyridine rings is 1. The van der Waals surface area contributed by atoms with Crippen LogP contribution in [0.5, 0.6) is 0 Å². The van der Waals surface area contributed by atoms with Gasteiger partial charge in [-0.05, 0) is 49.9 Å². The van der Waals surface area contributed by atoms with Crippen molar-refractivity contribution < 1.29 is 18.7 Å². The molecule has 2 rings (SSSR count). The van der Waals surface area contributed by atoms with E-state index in [1.165, 1.54) is 12.1 Å². The van der Waals surface area contributed by atoms with Gasteiger partial charge in [0.2, 0.25) is 0 Å². The average molecular weight is 382 g/mol. The van der Waals surface area contributed by atoms with Crippen molar-refractivity contribution in [1.29, 1.82) is 0 Å². The number of aromatic nitrogens is 1. The number of hydroxylamine groups is 2. The summed E-state index contributed by atoms with van der Waals surface area (Å²) in [5, 5.41) is 16.9. The lowest BCUT2D eigenvalue weighted by Gasteiger charge is -2.33. The molecular formula is C19H28F2N4O2. The van der Waals surface area contributed by atoms with Crippen LogP contribution in [-0.2, 0) is 4.84 Å². The highest BCUT2D eigenvalue weighted by atomic mass is 19.3. The van der Waals surface area contributed by atoms with Gasteiger partial charge < -0.3 is 15.7 Å². The number of aliphatic hydroxyl groups is 1. The van der Waals surface area contributed by atoms with Crippen molar-refractivity contribution in [1.82, 2.24) is 15.4 Å². The van der Waals surface area contributed by atoms with Gasteiger partial charge in [-0.25, -0.2) is 13.8 Å². The van der Waals surface area contributed by atoms with Crippen LogP contribution < -0.4 is 10.6 Å². The Balaban J connectivity index is 1.91. The number of hydrogen-bond donors (Lipinski definition) is 3. The van der Waals surface area contributed by atoms with E-state index >= 15 is 0 Å². The summed E-state index contributed by atoms with van der Waals surface area (Å²) in [4.78, 5) is 9.56. The third-order valence-electron chi connectivity index (χ3n) is 4.74. The molecule has 1 fully saturated rings. The minimum absolute atomic E-state index is 0.0909. The van der Waals surface area contributed by atoms with E-state index in [0.29, 0.717) is 17.7 Å². The van der Waals surface area contributed by atoms with Gasteiger partial charge in [0.1, 0.15) is 18.2 Å². The van der Waals surface area contributed by atoms with Gasteiger partial charge in [0.25, 0.3) is 6.43 Å². The minimum Gasteiger partial charge on any atom is -0.396 e. The number of halogens is 2. The summed E-state index contributed by atoms with van der Waals surface area (Å²) in [5.41, 5.74) is 0.701. The van der Waals surface area contributed by atoms with Gasteiger partial charge in [0, 0.05) is 25.8 Å². The quantitative estimate of drug-likeness (QED) is 0.424. The maximum Gasteiger partial charge on any atom is 0.280 e. The van der Waals surface area contributed by atoms with Crippen molar-refractivity contribution in [2.45, 2.75) is 32.1 Å². The molecule has 1 aliphatic carbocycles. The molecule has 1 saturated carbocycles. The first-order valence-electron chi connectivity index (χ1n) is 9.08. The first-order valence-corrected chi connectivity index (χ1v) is 9.08. The molecule has 1 heterocycles. The summed E-state index contributed by atoms with van der Waals surface area (Å²) in [7, 11) is 1.80. The van der Waals surface area contributed by atoms with Crippen LogP contribution >= 0.6 is 0 Å². The molecule has 27 heavy (non-hydrogen) atoms. The molecule has 0 saturated heterocycles. The summed E-state index contributed by atoms with van der Waals surface area (Å²) in [6, 6.07) is 4.42. The Kier molecular flexibility index (Phi) is 8.47. The minimum atomic E-state index is -2.61. The van der Waals surface area contributed by atoms with Gasteiger partial charge in [0.05, 0.1) is 5.70 Å².